The molecule has 1 heterocycles. The largest absolute Gasteiger partial charge is 0.454 e. The molecule has 2 amide bonds. The highest BCUT2D eigenvalue weighted by Crippen LogP contribution is 2.34. The molecule has 0 bridgehead atoms. The number of amides is 2. The molecule has 0 atom stereocenters. The van der Waals surface area contributed by atoms with Crippen LogP contribution in [0.3, 0.4) is 0 Å². The topological polar surface area (TPSA) is 76.7 Å². The summed E-state index contributed by atoms with van der Waals surface area (Å²) in [6.07, 6.45) is 0. The molecule has 1 aromatic rings. The molecule has 1 aliphatic heterocycles. The predicted molar refractivity (Wildman–Crippen MR) is 69.1 cm³/mol. The van der Waals surface area contributed by atoms with Gasteiger partial charge in [-0.15, -0.1) is 0 Å². The van der Waals surface area contributed by atoms with Gasteiger partial charge in [-0.2, -0.15) is 0 Å². The van der Waals surface area contributed by atoms with Crippen LogP contribution < -0.4 is 20.1 Å². The van der Waals surface area contributed by atoms with Crippen LogP contribution in [0, 0.1) is 0 Å². The first kappa shape index (κ1) is 13.2. The molecule has 0 saturated carbocycles. The molecule has 2 rings (SSSR count). The van der Waals surface area contributed by atoms with Gasteiger partial charge < -0.3 is 20.1 Å². The van der Waals surface area contributed by atoms with Gasteiger partial charge in [-0.25, -0.2) is 0 Å². The number of rotatable bonds is 1. The number of hydrogen-bond acceptors (Lipinski definition) is 4. The fraction of sp³-hybridized carbons (Fsp3) is 0.385. The summed E-state index contributed by atoms with van der Waals surface area (Å²) in [7, 11) is 0. The summed E-state index contributed by atoms with van der Waals surface area (Å²) in [5.74, 6) is -0.217. The summed E-state index contributed by atoms with van der Waals surface area (Å²) in [6.45, 7) is 5.58. The molecule has 2 N–H and O–H groups in total. The lowest BCUT2D eigenvalue weighted by atomic mass is 10.1. The highest BCUT2D eigenvalue weighted by molar-refractivity contribution is 6.39. The van der Waals surface area contributed by atoms with E-state index in [1.54, 1.807) is 39.0 Å². The van der Waals surface area contributed by atoms with Crippen molar-refractivity contribution >= 4 is 17.5 Å². The van der Waals surface area contributed by atoms with Gasteiger partial charge in [-0.05, 0) is 32.9 Å². The number of hydrogen-bond donors (Lipinski definition) is 2. The third-order valence-corrected chi connectivity index (χ3v) is 2.33. The summed E-state index contributed by atoms with van der Waals surface area (Å²) < 4.78 is 10.3. The maximum atomic E-state index is 11.7. The quantitative estimate of drug-likeness (QED) is 0.749. The molecule has 1 aromatic carbocycles. The van der Waals surface area contributed by atoms with Crippen LogP contribution in [0.25, 0.3) is 0 Å². The van der Waals surface area contributed by atoms with Gasteiger partial charge in [0, 0.05) is 17.3 Å². The summed E-state index contributed by atoms with van der Waals surface area (Å²) in [4.78, 5) is 23.3. The van der Waals surface area contributed by atoms with Gasteiger partial charge in [0.15, 0.2) is 11.5 Å². The van der Waals surface area contributed by atoms with E-state index in [2.05, 4.69) is 10.6 Å². The van der Waals surface area contributed by atoms with Crippen LogP contribution in [-0.4, -0.2) is 24.1 Å². The van der Waals surface area contributed by atoms with Crippen molar-refractivity contribution < 1.29 is 19.1 Å². The van der Waals surface area contributed by atoms with Crippen LogP contribution in [0.1, 0.15) is 20.8 Å². The Hall–Kier alpha value is -2.24. The summed E-state index contributed by atoms with van der Waals surface area (Å²) in [5, 5.41) is 5.09. The third-order valence-electron chi connectivity index (χ3n) is 2.33. The second-order valence-electron chi connectivity index (χ2n) is 5.23. The van der Waals surface area contributed by atoms with Crippen LogP contribution in [0.4, 0.5) is 5.69 Å². The second kappa shape index (κ2) is 4.79. The van der Waals surface area contributed by atoms with Gasteiger partial charge >= 0.3 is 11.8 Å². The molecule has 0 spiro atoms. The molecule has 0 aromatic heterocycles. The van der Waals surface area contributed by atoms with E-state index in [1.807, 2.05) is 0 Å². The summed E-state index contributed by atoms with van der Waals surface area (Å²) in [6, 6.07) is 4.94. The van der Waals surface area contributed by atoms with Gasteiger partial charge in [-0.3, -0.25) is 9.59 Å². The first-order valence-electron chi connectivity index (χ1n) is 5.88. The standard InChI is InChI=1S/C13H16N2O4/c1-13(2,3)15-12(17)11(16)14-8-4-5-9-10(6-8)19-7-18-9/h4-6H,7H2,1-3H3,(H,14,16)(H,15,17). The summed E-state index contributed by atoms with van der Waals surface area (Å²) in [5.41, 5.74) is 0.0295. The molecule has 6 heteroatoms. The molecule has 102 valence electrons. The van der Waals surface area contributed by atoms with E-state index in [0.717, 1.165) is 0 Å². The van der Waals surface area contributed by atoms with E-state index in [9.17, 15) is 9.59 Å². The molecule has 0 saturated heterocycles. The minimum atomic E-state index is -0.714. The van der Waals surface area contributed by atoms with Crippen LogP contribution in [0.15, 0.2) is 18.2 Å². The normalized spacial score (nSPS) is 13.0. The molecule has 0 aliphatic carbocycles. The Bertz CT molecular complexity index is 520. The molecule has 0 radical (unpaired) electrons. The third kappa shape index (κ3) is 3.37. The number of fused-ring (bicyclic) bond motifs is 1. The number of ether oxygens (including phenoxy) is 2. The van der Waals surface area contributed by atoms with Crippen molar-refractivity contribution in [3.8, 4) is 11.5 Å². The molecular formula is C13H16N2O4. The molecule has 6 nitrogen and oxygen atoms in total. The average Bonchev–Trinajstić information content (AvgIpc) is 2.73. The average molecular weight is 264 g/mol. The Morgan fingerprint density at radius 1 is 1.11 bits per heavy atom. The minimum absolute atomic E-state index is 0.164. The highest BCUT2D eigenvalue weighted by atomic mass is 16.7. The van der Waals surface area contributed by atoms with Crippen LogP contribution in [-0.2, 0) is 9.59 Å². The monoisotopic (exact) mass is 264 g/mol. The second-order valence-corrected chi connectivity index (χ2v) is 5.23. The minimum Gasteiger partial charge on any atom is -0.454 e. The predicted octanol–water partition coefficient (Wildman–Crippen LogP) is 1.27. The van der Waals surface area contributed by atoms with Crippen LogP contribution in [0.5, 0.6) is 11.5 Å². The highest BCUT2D eigenvalue weighted by Gasteiger charge is 2.21. The molecule has 0 fully saturated rings. The van der Waals surface area contributed by atoms with E-state index in [1.165, 1.54) is 0 Å². The first-order chi connectivity index (χ1) is 8.85. The van der Waals surface area contributed by atoms with Crippen molar-refractivity contribution in [1.82, 2.24) is 5.32 Å². The SMILES string of the molecule is CC(C)(C)NC(=O)C(=O)Nc1ccc2c(c1)OCO2. The van der Waals surface area contributed by atoms with Gasteiger partial charge in [0.1, 0.15) is 0 Å². The molecule has 0 unspecified atom stereocenters. The number of nitrogens with one attached hydrogen (secondary N) is 2. The van der Waals surface area contributed by atoms with E-state index in [4.69, 9.17) is 9.47 Å². The fourth-order valence-corrected chi connectivity index (χ4v) is 1.56. The van der Waals surface area contributed by atoms with Crippen molar-refractivity contribution in [2.75, 3.05) is 12.1 Å². The van der Waals surface area contributed by atoms with E-state index in [0.29, 0.717) is 17.2 Å². The molecule has 1 aliphatic rings. The first-order valence-corrected chi connectivity index (χ1v) is 5.88. The maximum absolute atomic E-state index is 11.7. The van der Waals surface area contributed by atoms with Crippen LogP contribution >= 0.6 is 0 Å². The Kier molecular flexibility index (Phi) is 3.33. The molecular weight excluding hydrogens is 248 g/mol. The Morgan fingerprint density at radius 2 is 1.79 bits per heavy atom. The number of anilines is 1. The number of carbonyl (C=O) groups is 2. The van der Waals surface area contributed by atoms with Gasteiger partial charge in [0.25, 0.3) is 0 Å². The smallest absolute Gasteiger partial charge is 0.313 e. The van der Waals surface area contributed by atoms with Crippen molar-refractivity contribution in [2.45, 2.75) is 26.3 Å². The number of benzene rings is 1. The lowest BCUT2D eigenvalue weighted by Crippen LogP contribution is -2.46. The van der Waals surface area contributed by atoms with Crippen molar-refractivity contribution in [2.24, 2.45) is 0 Å². The van der Waals surface area contributed by atoms with E-state index in [-0.39, 0.29) is 6.79 Å². The van der Waals surface area contributed by atoms with Crippen molar-refractivity contribution in [1.29, 1.82) is 0 Å². The van der Waals surface area contributed by atoms with Gasteiger partial charge in [0.05, 0.1) is 0 Å². The molecule has 19 heavy (non-hydrogen) atoms. The Balaban J connectivity index is 2.01. The van der Waals surface area contributed by atoms with Crippen LogP contribution in [0.2, 0.25) is 0 Å². The maximum Gasteiger partial charge on any atom is 0.313 e. The van der Waals surface area contributed by atoms with Crippen molar-refractivity contribution in [3.63, 3.8) is 0 Å². The summed E-state index contributed by atoms with van der Waals surface area (Å²) >= 11 is 0. The zero-order chi connectivity index (χ0) is 14.0. The zero-order valence-electron chi connectivity index (χ0n) is 11.1. The fourth-order valence-electron chi connectivity index (χ4n) is 1.56. The number of carbonyl (C=O) groups excluding carboxylic acids is 2. The van der Waals surface area contributed by atoms with E-state index < -0.39 is 17.4 Å². The van der Waals surface area contributed by atoms with Gasteiger partial charge in [0.2, 0.25) is 6.79 Å². The van der Waals surface area contributed by atoms with Crippen molar-refractivity contribution in [3.05, 3.63) is 18.2 Å². The van der Waals surface area contributed by atoms with E-state index >= 15 is 0 Å². The van der Waals surface area contributed by atoms with Gasteiger partial charge in [-0.1, -0.05) is 0 Å². The Morgan fingerprint density at radius 3 is 2.47 bits per heavy atom. The lowest BCUT2D eigenvalue weighted by Gasteiger charge is -2.19. The lowest BCUT2D eigenvalue weighted by molar-refractivity contribution is -0.137. The zero-order valence-corrected chi connectivity index (χ0v) is 11.1. The Labute approximate surface area is 111 Å².